The van der Waals surface area contributed by atoms with E-state index in [0.717, 1.165) is 11.3 Å². The number of amides is 1. The van der Waals surface area contributed by atoms with Gasteiger partial charge in [-0.05, 0) is 36.8 Å². The number of hydrogen-bond acceptors (Lipinski definition) is 4. The normalized spacial score (nSPS) is 10.4. The molecule has 2 aromatic rings. The first kappa shape index (κ1) is 19.6. The Hall–Kier alpha value is -1.69. The van der Waals surface area contributed by atoms with Gasteiger partial charge in [0.15, 0.2) is 0 Å². The molecule has 132 valence electrons. The molecule has 0 heterocycles. The standard InChI is InChI=1S/C18H17Cl2NO3S/c1-12-3-2-4-15(7-12)21-17(22)10-25-11-18(23)24-9-13-5-6-14(19)8-16(13)20/h2-8H,9-11H2,1H3,(H,21,22). The number of rotatable bonds is 7. The van der Waals surface area contributed by atoms with Crippen LogP contribution < -0.4 is 5.32 Å². The number of aryl methyl sites for hydroxylation is 1. The van der Waals surface area contributed by atoms with Crippen molar-refractivity contribution < 1.29 is 14.3 Å². The summed E-state index contributed by atoms with van der Waals surface area (Å²) in [5.41, 5.74) is 2.49. The van der Waals surface area contributed by atoms with Crippen LogP contribution in [0.3, 0.4) is 0 Å². The molecule has 0 aliphatic carbocycles. The van der Waals surface area contributed by atoms with Crippen molar-refractivity contribution in [3.63, 3.8) is 0 Å². The van der Waals surface area contributed by atoms with Crippen LogP contribution in [0.4, 0.5) is 5.69 Å². The van der Waals surface area contributed by atoms with E-state index in [4.69, 9.17) is 27.9 Å². The summed E-state index contributed by atoms with van der Waals surface area (Å²) in [6.07, 6.45) is 0. The number of thioether (sulfide) groups is 1. The summed E-state index contributed by atoms with van der Waals surface area (Å²) >= 11 is 13.0. The van der Waals surface area contributed by atoms with Gasteiger partial charge in [0.2, 0.25) is 5.91 Å². The molecule has 1 amide bonds. The van der Waals surface area contributed by atoms with Gasteiger partial charge in [0, 0.05) is 21.3 Å². The Balaban J connectivity index is 1.68. The SMILES string of the molecule is Cc1cccc(NC(=O)CSCC(=O)OCc2ccc(Cl)cc2Cl)c1. The molecule has 0 fully saturated rings. The van der Waals surface area contributed by atoms with E-state index in [1.54, 1.807) is 18.2 Å². The molecule has 0 bridgehead atoms. The second-order valence-electron chi connectivity index (χ2n) is 5.31. The number of halogens is 2. The summed E-state index contributed by atoms with van der Waals surface area (Å²) in [5, 5.41) is 3.76. The molecule has 2 rings (SSSR count). The molecule has 0 unspecified atom stereocenters. The summed E-state index contributed by atoms with van der Waals surface area (Å²) in [7, 11) is 0. The van der Waals surface area contributed by atoms with Crippen LogP contribution in [0.15, 0.2) is 42.5 Å². The molecule has 0 aromatic heterocycles. The molecule has 0 aliphatic heterocycles. The number of carbonyl (C=O) groups excluding carboxylic acids is 2. The van der Waals surface area contributed by atoms with Gasteiger partial charge in [-0.2, -0.15) is 0 Å². The minimum Gasteiger partial charge on any atom is -0.460 e. The number of carbonyl (C=O) groups is 2. The van der Waals surface area contributed by atoms with Gasteiger partial charge in [0.05, 0.1) is 11.5 Å². The van der Waals surface area contributed by atoms with Crippen molar-refractivity contribution in [2.45, 2.75) is 13.5 Å². The van der Waals surface area contributed by atoms with Gasteiger partial charge in [-0.1, -0.05) is 41.4 Å². The predicted octanol–water partition coefficient (Wildman–Crippen LogP) is 4.72. The molecule has 0 spiro atoms. The molecule has 2 aromatic carbocycles. The van der Waals surface area contributed by atoms with E-state index >= 15 is 0 Å². The fourth-order valence-corrected chi connectivity index (χ4v) is 3.06. The summed E-state index contributed by atoms with van der Waals surface area (Å²) in [6.45, 7) is 2.03. The van der Waals surface area contributed by atoms with E-state index in [-0.39, 0.29) is 24.0 Å². The average molecular weight is 398 g/mol. The lowest BCUT2D eigenvalue weighted by molar-refractivity contribution is -0.141. The topological polar surface area (TPSA) is 55.4 Å². The summed E-state index contributed by atoms with van der Waals surface area (Å²) in [4.78, 5) is 23.6. The number of benzene rings is 2. The van der Waals surface area contributed by atoms with Gasteiger partial charge in [0.1, 0.15) is 6.61 Å². The van der Waals surface area contributed by atoms with Crippen molar-refractivity contribution >= 4 is 52.5 Å². The fourth-order valence-electron chi connectivity index (χ4n) is 1.99. The Bertz CT molecular complexity index is 768. The van der Waals surface area contributed by atoms with Gasteiger partial charge in [-0.3, -0.25) is 9.59 Å². The zero-order valence-electron chi connectivity index (χ0n) is 13.6. The van der Waals surface area contributed by atoms with Crippen molar-refractivity contribution in [2.75, 3.05) is 16.8 Å². The summed E-state index contributed by atoms with van der Waals surface area (Å²) in [6, 6.07) is 12.5. The minimum absolute atomic E-state index is 0.0743. The summed E-state index contributed by atoms with van der Waals surface area (Å²) in [5.74, 6) is -0.305. The molecule has 4 nitrogen and oxygen atoms in total. The molecular formula is C18H17Cl2NO3S. The van der Waals surface area contributed by atoms with E-state index in [1.165, 1.54) is 11.8 Å². The summed E-state index contributed by atoms with van der Waals surface area (Å²) < 4.78 is 5.15. The predicted molar refractivity (Wildman–Crippen MR) is 103 cm³/mol. The Kier molecular flexibility index (Phi) is 7.62. The Labute approximate surface area is 160 Å². The number of esters is 1. The third kappa shape index (κ3) is 6.98. The zero-order chi connectivity index (χ0) is 18.2. The first-order valence-corrected chi connectivity index (χ1v) is 9.39. The van der Waals surface area contributed by atoms with Crippen LogP contribution in [0, 0.1) is 6.92 Å². The average Bonchev–Trinajstić information content (AvgIpc) is 2.54. The minimum atomic E-state index is -0.403. The number of ether oxygens (including phenoxy) is 1. The number of hydrogen-bond donors (Lipinski definition) is 1. The number of nitrogens with one attached hydrogen (secondary N) is 1. The monoisotopic (exact) mass is 397 g/mol. The lowest BCUT2D eigenvalue weighted by Gasteiger charge is -2.08. The lowest BCUT2D eigenvalue weighted by atomic mass is 10.2. The van der Waals surface area contributed by atoms with Crippen LogP contribution >= 0.6 is 35.0 Å². The van der Waals surface area contributed by atoms with Crippen LogP contribution in [0.1, 0.15) is 11.1 Å². The highest BCUT2D eigenvalue weighted by atomic mass is 35.5. The van der Waals surface area contributed by atoms with Crippen molar-refractivity contribution in [2.24, 2.45) is 0 Å². The van der Waals surface area contributed by atoms with E-state index in [0.29, 0.717) is 15.6 Å². The van der Waals surface area contributed by atoms with Crippen LogP contribution in [0.5, 0.6) is 0 Å². The first-order chi connectivity index (χ1) is 11.9. The van der Waals surface area contributed by atoms with Gasteiger partial charge < -0.3 is 10.1 Å². The largest absolute Gasteiger partial charge is 0.460 e. The molecule has 0 saturated heterocycles. The fraction of sp³-hybridized carbons (Fsp3) is 0.222. The molecule has 0 atom stereocenters. The molecule has 25 heavy (non-hydrogen) atoms. The van der Waals surface area contributed by atoms with Crippen molar-refractivity contribution in [1.82, 2.24) is 0 Å². The maximum Gasteiger partial charge on any atom is 0.316 e. The molecule has 0 radical (unpaired) electrons. The molecule has 0 saturated carbocycles. The second-order valence-corrected chi connectivity index (χ2v) is 7.14. The maximum absolute atomic E-state index is 11.8. The molecule has 1 N–H and O–H groups in total. The van der Waals surface area contributed by atoms with E-state index in [1.807, 2.05) is 31.2 Å². The van der Waals surface area contributed by atoms with Crippen LogP contribution in [0.2, 0.25) is 10.0 Å². The highest BCUT2D eigenvalue weighted by Gasteiger charge is 2.09. The first-order valence-electron chi connectivity index (χ1n) is 7.48. The van der Waals surface area contributed by atoms with Crippen LogP contribution in [-0.2, 0) is 20.9 Å². The molecule has 0 aliphatic rings. The third-order valence-corrected chi connectivity index (χ3v) is 4.65. The van der Waals surface area contributed by atoms with Crippen molar-refractivity contribution in [3.05, 3.63) is 63.6 Å². The van der Waals surface area contributed by atoms with Gasteiger partial charge >= 0.3 is 5.97 Å². The van der Waals surface area contributed by atoms with Crippen molar-refractivity contribution in [3.8, 4) is 0 Å². The number of anilines is 1. The quantitative estimate of drug-likeness (QED) is 0.686. The highest BCUT2D eigenvalue weighted by Crippen LogP contribution is 2.21. The van der Waals surface area contributed by atoms with Crippen molar-refractivity contribution in [1.29, 1.82) is 0 Å². The van der Waals surface area contributed by atoms with Gasteiger partial charge in [-0.25, -0.2) is 0 Å². The lowest BCUT2D eigenvalue weighted by Crippen LogP contribution is -2.16. The molecule has 7 heteroatoms. The molecular weight excluding hydrogens is 381 g/mol. The highest BCUT2D eigenvalue weighted by molar-refractivity contribution is 8.00. The second kappa shape index (κ2) is 9.70. The zero-order valence-corrected chi connectivity index (χ0v) is 15.9. The van der Waals surface area contributed by atoms with E-state index < -0.39 is 5.97 Å². The third-order valence-electron chi connectivity index (χ3n) is 3.16. The van der Waals surface area contributed by atoms with Crippen LogP contribution in [0.25, 0.3) is 0 Å². The van der Waals surface area contributed by atoms with Gasteiger partial charge in [0.25, 0.3) is 0 Å². The maximum atomic E-state index is 11.8. The van der Waals surface area contributed by atoms with Crippen LogP contribution in [-0.4, -0.2) is 23.4 Å². The van der Waals surface area contributed by atoms with Gasteiger partial charge in [-0.15, -0.1) is 11.8 Å². The van der Waals surface area contributed by atoms with E-state index in [2.05, 4.69) is 5.32 Å². The Morgan fingerprint density at radius 2 is 1.92 bits per heavy atom. The smallest absolute Gasteiger partial charge is 0.316 e. The Morgan fingerprint density at radius 1 is 1.12 bits per heavy atom. The Morgan fingerprint density at radius 3 is 2.64 bits per heavy atom. The van der Waals surface area contributed by atoms with E-state index in [9.17, 15) is 9.59 Å².